The van der Waals surface area contributed by atoms with Crippen LogP contribution in [0.25, 0.3) is 0 Å². The van der Waals surface area contributed by atoms with Crippen molar-refractivity contribution in [2.24, 2.45) is 5.41 Å². The number of carbonyl (C=O) groups excluding carboxylic acids is 2. The van der Waals surface area contributed by atoms with E-state index in [0.717, 1.165) is 73.4 Å². The van der Waals surface area contributed by atoms with Gasteiger partial charge in [-0.1, -0.05) is 26.0 Å². The Balaban J connectivity index is 1.76. The van der Waals surface area contributed by atoms with Gasteiger partial charge >= 0.3 is 5.97 Å². The summed E-state index contributed by atoms with van der Waals surface area (Å²) in [4.78, 5) is 29.2. The van der Waals surface area contributed by atoms with Gasteiger partial charge in [-0.15, -0.1) is 0 Å². The molecule has 5 heteroatoms. The van der Waals surface area contributed by atoms with Crippen molar-refractivity contribution in [1.29, 1.82) is 0 Å². The summed E-state index contributed by atoms with van der Waals surface area (Å²) in [5, 5.41) is 3.44. The molecular formula is C28H38N2O3. The second kappa shape index (κ2) is 9.36. The van der Waals surface area contributed by atoms with E-state index in [2.05, 4.69) is 62.2 Å². The van der Waals surface area contributed by atoms with Crippen molar-refractivity contribution in [3.8, 4) is 0 Å². The highest BCUT2D eigenvalue weighted by atomic mass is 16.5. The van der Waals surface area contributed by atoms with E-state index in [9.17, 15) is 9.59 Å². The van der Waals surface area contributed by atoms with Crippen LogP contribution < -0.4 is 10.2 Å². The van der Waals surface area contributed by atoms with Crippen LogP contribution in [0.2, 0.25) is 0 Å². The first-order valence-electron chi connectivity index (χ1n) is 12.5. The lowest BCUT2D eigenvalue weighted by atomic mass is 9.68. The maximum absolute atomic E-state index is 13.5. The fourth-order valence-corrected chi connectivity index (χ4v) is 5.73. The van der Waals surface area contributed by atoms with E-state index in [1.807, 2.05) is 6.92 Å². The number of hydrogen-bond donors (Lipinski definition) is 1. The zero-order valence-electron chi connectivity index (χ0n) is 20.8. The Hall–Kier alpha value is -2.56. The summed E-state index contributed by atoms with van der Waals surface area (Å²) in [5.41, 5.74) is 5.13. The third-order valence-corrected chi connectivity index (χ3v) is 7.39. The molecule has 1 aliphatic heterocycles. The lowest BCUT2D eigenvalue weighted by Gasteiger charge is -2.39. The number of rotatable bonds is 6. The molecule has 1 aromatic carbocycles. The Kier molecular flexibility index (Phi) is 6.69. The molecule has 2 aliphatic carbocycles. The summed E-state index contributed by atoms with van der Waals surface area (Å²) in [5.74, 6) is -0.538. The highest BCUT2D eigenvalue weighted by molar-refractivity contribution is 6.04. The predicted molar refractivity (Wildman–Crippen MR) is 132 cm³/mol. The zero-order valence-corrected chi connectivity index (χ0v) is 20.8. The highest BCUT2D eigenvalue weighted by Gasteiger charge is 2.43. The standard InChI is InChI=1S/C28H38N2O3/c1-6-30(7-2)20-14-12-19(13-15-20)25-24(27(32)33-21-10-8-9-11-21)18(3)29-22-16-28(4,5)17-23(31)26(22)25/h12-15,21,25,29H,6-11,16-17H2,1-5H3/t25-/m1/s1. The number of allylic oxidation sites excluding steroid dienone is 3. The number of Topliss-reactive ketones (excluding diaryl/α,β-unsaturated/α-hetero) is 1. The molecule has 0 amide bonds. The van der Waals surface area contributed by atoms with Crippen LogP contribution in [0.4, 0.5) is 5.69 Å². The van der Waals surface area contributed by atoms with Gasteiger partial charge in [0.2, 0.25) is 0 Å². The van der Waals surface area contributed by atoms with E-state index in [0.29, 0.717) is 12.0 Å². The molecule has 4 rings (SSSR count). The first-order valence-corrected chi connectivity index (χ1v) is 12.5. The second-order valence-corrected chi connectivity index (χ2v) is 10.5. The van der Waals surface area contributed by atoms with Crippen molar-refractivity contribution in [1.82, 2.24) is 5.32 Å². The van der Waals surface area contributed by atoms with Crippen LogP contribution in [0.5, 0.6) is 0 Å². The monoisotopic (exact) mass is 450 g/mol. The quantitative estimate of drug-likeness (QED) is 0.570. The Morgan fingerprint density at radius 2 is 1.73 bits per heavy atom. The number of anilines is 1. The van der Waals surface area contributed by atoms with Crippen LogP contribution in [0.3, 0.4) is 0 Å². The summed E-state index contributed by atoms with van der Waals surface area (Å²) < 4.78 is 5.95. The molecule has 0 saturated heterocycles. The van der Waals surface area contributed by atoms with Gasteiger partial charge in [0, 0.05) is 48.1 Å². The van der Waals surface area contributed by atoms with E-state index in [1.54, 1.807) is 0 Å². The van der Waals surface area contributed by atoms with Gasteiger partial charge in [-0.05, 0) is 76.0 Å². The Morgan fingerprint density at radius 1 is 1.09 bits per heavy atom. The average molecular weight is 451 g/mol. The molecular weight excluding hydrogens is 412 g/mol. The minimum absolute atomic E-state index is 0.0140. The number of nitrogens with one attached hydrogen (secondary N) is 1. The van der Waals surface area contributed by atoms with Gasteiger partial charge in [0.05, 0.1) is 5.57 Å². The molecule has 1 fully saturated rings. The lowest BCUT2D eigenvalue weighted by molar-refractivity contribution is -0.144. The Morgan fingerprint density at radius 3 is 2.33 bits per heavy atom. The maximum Gasteiger partial charge on any atom is 0.337 e. The smallest absolute Gasteiger partial charge is 0.337 e. The molecule has 5 nitrogen and oxygen atoms in total. The molecule has 1 saturated carbocycles. The Labute approximate surface area is 198 Å². The average Bonchev–Trinajstić information content (AvgIpc) is 3.26. The minimum atomic E-state index is -0.385. The fraction of sp³-hybridized carbons (Fsp3) is 0.571. The Bertz CT molecular complexity index is 977. The topological polar surface area (TPSA) is 58.6 Å². The van der Waals surface area contributed by atoms with Crippen LogP contribution in [0, 0.1) is 5.41 Å². The molecule has 0 bridgehead atoms. The molecule has 1 N–H and O–H groups in total. The molecule has 0 aromatic heterocycles. The van der Waals surface area contributed by atoms with Gasteiger partial charge in [0.25, 0.3) is 0 Å². The number of hydrogen-bond acceptors (Lipinski definition) is 5. The molecule has 33 heavy (non-hydrogen) atoms. The summed E-state index contributed by atoms with van der Waals surface area (Å²) in [7, 11) is 0. The molecule has 0 unspecified atom stereocenters. The van der Waals surface area contributed by atoms with Crippen LogP contribution >= 0.6 is 0 Å². The fourth-order valence-electron chi connectivity index (χ4n) is 5.73. The molecule has 1 aromatic rings. The first kappa shape index (κ1) is 23.6. The number of dihydropyridines is 1. The van der Waals surface area contributed by atoms with E-state index < -0.39 is 0 Å². The number of benzene rings is 1. The summed E-state index contributed by atoms with van der Waals surface area (Å²) in [6.45, 7) is 12.4. The van der Waals surface area contributed by atoms with E-state index in [4.69, 9.17) is 4.74 Å². The molecule has 3 aliphatic rings. The number of carbonyl (C=O) groups is 2. The van der Waals surface area contributed by atoms with Crippen molar-refractivity contribution >= 4 is 17.4 Å². The molecule has 0 spiro atoms. The van der Waals surface area contributed by atoms with Crippen molar-refractivity contribution in [2.45, 2.75) is 85.2 Å². The molecule has 0 radical (unpaired) electrons. The number of nitrogens with zero attached hydrogens (tertiary/aromatic N) is 1. The van der Waals surface area contributed by atoms with Crippen LogP contribution in [0.1, 0.15) is 84.6 Å². The third-order valence-electron chi connectivity index (χ3n) is 7.39. The van der Waals surface area contributed by atoms with Crippen LogP contribution in [-0.2, 0) is 14.3 Å². The summed E-state index contributed by atoms with van der Waals surface area (Å²) in [6, 6.07) is 8.38. The van der Waals surface area contributed by atoms with Crippen molar-refractivity contribution in [2.75, 3.05) is 18.0 Å². The van der Waals surface area contributed by atoms with Gasteiger partial charge in [0.15, 0.2) is 5.78 Å². The first-order chi connectivity index (χ1) is 15.7. The zero-order chi connectivity index (χ0) is 23.8. The van der Waals surface area contributed by atoms with Crippen molar-refractivity contribution in [3.63, 3.8) is 0 Å². The minimum Gasteiger partial charge on any atom is -0.459 e. The molecule has 1 heterocycles. The SMILES string of the molecule is CCN(CC)c1ccc([C@@H]2C(C(=O)OC3CCCC3)=C(C)NC3=C2C(=O)CC(C)(C)C3)cc1. The normalized spacial score (nSPS) is 22.8. The van der Waals surface area contributed by atoms with E-state index >= 15 is 0 Å². The molecule has 1 atom stereocenters. The van der Waals surface area contributed by atoms with Gasteiger partial charge in [-0.2, -0.15) is 0 Å². The van der Waals surface area contributed by atoms with Crippen LogP contribution in [-0.4, -0.2) is 30.9 Å². The summed E-state index contributed by atoms with van der Waals surface area (Å²) in [6.07, 6.45) is 5.34. The van der Waals surface area contributed by atoms with Crippen molar-refractivity contribution < 1.29 is 14.3 Å². The predicted octanol–water partition coefficient (Wildman–Crippen LogP) is 5.62. The largest absolute Gasteiger partial charge is 0.459 e. The van der Waals surface area contributed by atoms with Gasteiger partial charge in [0.1, 0.15) is 6.10 Å². The van der Waals surface area contributed by atoms with Crippen molar-refractivity contribution in [3.05, 3.63) is 52.4 Å². The maximum atomic E-state index is 13.5. The highest BCUT2D eigenvalue weighted by Crippen LogP contribution is 2.47. The third kappa shape index (κ3) is 4.73. The van der Waals surface area contributed by atoms with Gasteiger partial charge in [-0.25, -0.2) is 4.79 Å². The number of esters is 1. The van der Waals surface area contributed by atoms with Gasteiger partial charge in [-0.3, -0.25) is 4.79 Å². The molecule has 178 valence electrons. The lowest BCUT2D eigenvalue weighted by Crippen LogP contribution is -2.39. The summed E-state index contributed by atoms with van der Waals surface area (Å²) >= 11 is 0. The van der Waals surface area contributed by atoms with Gasteiger partial charge < -0.3 is 15.0 Å². The van der Waals surface area contributed by atoms with E-state index in [-0.39, 0.29) is 29.2 Å². The number of ether oxygens (including phenoxy) is 1. The van der Waals surface area contributed by atoms with E-state index in [1.165, 1.54) is 0 Å². The second-order valence-electron chi connectivity index (χ2n) is 10.5. The van der Waals surface area contributed by atoms with Crippen LogP contribution in [0.15, 0.2) is 46.8 Å². The number of ketones is 1.